The van der Waals surface area contributed by atoms with Gasteiger partial charge in [0, 0.05) is 6.61 Å². The van der Waals surface area contributed by atoms with E-state index < -0.39 is 39.9 Å². The van der Waals surface area contributed by atoms with Crippen molar-refractivity contribution in [2.75, 3.05) is 13.2 Å². The van der Waals surface area contributed by atoms with Crippen LogP contribution in [0.5, 0.6) is 0 Å². The second-order valence-corrected chi connectivity index (χ2v) is 3.92. The molecule has 0 aliphatic carbocycles. The Bertz CT molecular complexity index is 521. The summed E-state index contributed by atoms with van der Waals surface area (Å²) in [6.07, 6.45) is -0.671. The van der Waals surface area contributed by atoms with E-state index in [1.54, 1.807) is 6.92 Å². The molecule has 0 amide bonds. The van der Waals surface area contributed by atoms with Gasteiger partial charge in [0.15, 0.2) is 11.6 Å². The quantitative estimate of drug-likeness (QED) is 0.456. The van der Waals surface area contributed by atoms with Crippen molar-refractivity contribution < 1.29 is 28.0 Å². The monoisotopic (exact) mass is 289 g/mol. The number of carbonyl (C=O) groups is 1. The summed E-state index contributed by atoms with van der Waals surface area (Å²) in [7, 11) is 0. The fourth-order valence-electron chi connectivity index (χ4n) is 1.41. The minimum atomic E-state index is -1.41. The first-order valence-corrected chi connectivity index (χ1v) is 5.79. The minimum absolute atomic E-state index is 0.0969. The van der Waals surface area contributed by atoms with E-state index in [0.717, 1.165) is 0 Å². The van der Waals surface area contributed by atoms with Crippen LogP contribution in [-0.4, -0.2) is 30.2 Å². The normalized spacial score (nSPS) is 12.0. The summed E-state index contributed by atoms with van der Waals surface area (Å²) in [5.74, 6) is -3.88. The number of halogens is 2. The van der Waals surface area contributed by atoms with E-state index >= 15 is 0 Å². The summed E-state index contributed by atoms with van der Waals surface area (Å²) in [6, 6.07) is 0.794. The molecule has 1 atom stereocenters. The maximum Gasteiger partial charge on any atom is 0.345 e. The third-order valence-electron chi connectivity index (χ3n) is 2.32. The zero-order valence-electron chi connectivity index (χ0n) is 10.9. The average Bonchev–Trinajstić information content (AvgIpc) is 2.38. The Morgan fingerprint density at radius 2 is 2.00 bits per heavy atom. The van der Waals surface area contributed by atoms with E-state index in [9.17, 15) is 23.7 Å². The van der Waals surface area contributed by atoms with Gasteiger partial charge in [-0.15, -0.1) is 0 Å². The first kappa shape index (κ1) is 16.0. The third-order valence-corrected chi connectivity index (χ3v) is 2.32. The van der Waals surface area contributed by atoms with E-state index in [2.05, 4.69) is 0 Å². The molecule has 0 aliphatic heterocycles. The molecule has 0 aliphatic rings. The highest BCUT2D eigenvalue weighted by Gasteiger charge is 2.26. The zero-order valence-corrected chi connectivity index (χ0v) is 10.9. The predicted octanol–water partition coefficient (Wildman–Crippen LogP) is 2.45. The predicted molar refractivity (Wildman–Crippen MR) is 64.4 cm³/mol. The highest BCUT2D eigenvalue weighted by atomic mass is 19.2. The van der Waals surface area contributed by atoms with Crippen LogP contribution >= 0.6 is 0 Å². The van der Waals surface area contributed by atoms with Crippen LogP contribution in [0.3, 0.4) is 0 Å². The van der Waals surface area contributed by atoms with Crippen LogP contribution in [-0.2, 0) is 9.47 Å². The largest absolute Gasteiger partial charge is 0.456 e. The lowest BCUT2D eigenvalue weighted by Gasteiger charge is -2.13. The molecular weight excluding hydrogens is 276 g/mol. The SMILES string of the molecule is CCOCC(C)OC(=O)c1cc(F)c(F)cc1[N+](=O)[O-]. The molecule has 0 saturated heterocycles. The molecule has 0 N–H and O–H groups in total. The molecule has 1 rings (SSSR count). The van der Waals surface area contributed by atoms with Gasteiger partial charge in [-0.05, 0) is 19.9 Å². The molecule has 1 unspecified atom stereocenters. The van der Waals surface area contributed by atoms with Gasteiger partial charge < -0.3 is 9.47 Å². The molecule has 8 heteroatoms. The maximum atomic E-state index is 13.1. The molecule has 110 valence electrons. The van der Waals surface area contributed by atoms with Crippen molar-refractivity contribution in [3.63, 3.8) is 0 Å². The van der Waals surface area contributed by atoms with Crippen LogP contribution in [0.25, 0.3) is 0 Å². The van der Waals surface area contributed by atoms with Gasteiger partial charge in [0.05, 0.1) is 17.6 Å². The first-order valence-electron chi connectivity index (χ1n) is 5.79. The molecule has 20 heavy (non-hydrogen) atoms. The maximum absolute atomic E-state index is 13.1. The number of rotatable bonds is 6. The summed E-state index contributed by atoms with van der Waals surface area (Å²) in [4.78, 5) is 21.5. The molecule has 0 aromatic heterocycles. The average molecular weight is 289 g/mol. The number of nitro groups is 1. The Hall–Kier alpha value is -2.09. The second kappa shape index (κ2) is 6.90. The Labute approximate surface area is 113 Å². The number of esters is 1. The Morgan fingerprint density at radius 3 is 2.55 bits per heavy atom. The van der Waals surface area contributed by atoms with E-state index in [0.29, 0.717) is 18.7 Å². The van der Waals surface area contributed by atoms with Crippen molar-refractivity contribution in [1.82, 2.24) is 0 Å². The lowest BCUT2D eigenvalue weighted by Crippen LogP contribution is -2.21. The van der Waals surface area contributed by atoms with Crippen molar-refractivity contribution in [3.05, 3.63) is 39.4 Å². The Balaban J connectivity index is 2.97. The van der Waals surface area contributed by atoms with E-state index in [1.165, 1.54) is 6.92 Å². The van der Waals surface area contributed by atoms with Crippen LogP contribution in [0.4, 0.5) is 14.5 Å². The number of benzene rings is 1. The molecule has 1 aromatic carbocycles. The molecule has 0 bridgehead atoms. The van der Waals surface area contributed by atoms with Crippen molar-refractivity contribution in [3.8, 4) is 0 Å². The molecule has 1 aromatic rings. The molecule has 0 heterocycles. The van der Waals surface area contributed by atoms with Crippen molar-refractivity contribution >= 4 is 11.7 Å². The van der Waals surface area contributed by atoms with Crippen LogP contribution in [0.15, 0.2) is 12.1 Å². The van der Waals surface area contributed by atoms with Crippen molar-refractivity contribution in [2.45, 2.75) is 20.0 Å². The van der Waals surface area contributed by atoms with E-state index in [1.807, 2.05) is 0 Å². The van der Waals surface area contributed by atoms with Gasteiger partial charge in [0.25, 0.3) is 5.69 Å². The highest BCUT2D eigenvalue weighted by Crippen LogP contribution is 2.23. The molecule has 0 radical (unpaired) electrons. The highest BCUT2D eigenvalue weighted by molar-refractivity contribution is 5.94. The number of ether oxygens (including phenoxy) is 2. The zero-order chi connectivity index (χ0) is 15.3. The van der Waals surface area contributed by atoms with Gasteiger partial charge in [-0.2, -0.15) is 0 Å². The first-order chi connectivity index (χ1) is 9.36. The molecule has 0 fully saturated rings. The number of carbonyl (C=O) groups excluding carboxylic acids is 1. The van der Waals surface area contributed by atoms with Gasteiger partial charge in [0.2, 0.25) is 0 Å². The number of nitro benzene ring substituents is 1. The second-order valence-electron chi connectivity index (χ2n) is 3.92. The number of nitrogens with zero attached hydrogens (tertiary/aromatic N) is 1. The molecule has 0 saturated carbocycles. The fourth-order valence-corrected chi connectivity index (χ4v) is 1.41. The summed E-state index contributed by atoms with van der Waals surface area (Å²) in [5.41, 5.74) is -1.49. The van der Waals surface area contributed by atoms with Gasteiger partial charge >= 0.3 is 5.97 Å². The Kier molecular flexibility index (Phi) is 5.51. The number of hydrogen-bond acceptors (Lipinski definition) is 5. The van der Waals surface area contributed by atoms with Gasteiger partial charge in [-0.1, -0.05) is 0 Å². The Morgan fingerprint density at radius 1 is 1.40 bits per heavy atom. The lowest BCUT2D eigenvalue weighted by atomic mass is 10.1. The molecular formula is C12H13F2NO5. The standard InChI is InChI=1S/C12H13F2NO5/c1-3-19-6-7(2)20-12(16)8-4-9(13)10(14)5-11(8)15(17)18/h4-5,7H,3,6H2,1-2H3. The van der Waals surface area contributed by atoms with Gasteiger partial charge in [0.1, 0.15) is 11.7 Å². The minimum Gasteiger partial charge on any atom is -0.456 e. The summed E-state index contributed by atoms with van der Waals surface area (Å²) < 4.78 is 35.9. The molecule has 6 nitrogen and oxygen atoms in total. The summed E-state index contributed by atoms with van der Waals surface area (Å²) >= 11 is 0. The van der Waals surface area contributed by atoms with E-state index in [-0.39, 0.29) is 6.61 Å². The van der Waals surface area contributed by atoms with Gasteiger partial charge in [-0.3, -0.25) is 10.1 Å². The smallest absolute Gasteiger partial charge is 0.345 e. The topological polar surface area (TPSA) is 78.7 Å². The third kappa shape index (κ3) is 3.95. The van der Waals surface area contributed by atoms with E-state index in [4.69, 9.17) is 9.47 Å². The van der Waals surface area contributed by atoms with Crippen LogP contribution < -0.4 is 0 Å². The fraction of sp³-hybridized carbons (Fsp3) is 0.417. The van der Waals surface area contributed by atoms with Crippen LogP contribution in [0.2, 0.25) is 0 Å². The van der Waals surface area contributed by atoms with Crippen molar-refractivity contribution in [1.29, 1.82) is 0 Å². The number of hydrogen-bond donors (Lipinski definition) is 0. The lowest BCUT2D eigenvalue weighted by molar-refractivity contribution is -0.385. The summed E-state index contributed by atoms with van der Waals surface area (Å²) in [5, 5.41) is 10.7. The van der Waals surface area contributed by atoms with Crippen LogP contribution in [0.1, 0.15) is 24.2 Å². The van der Waals surface area contributed by atoms with Crippen LogP contribution in [0, 0.1) is 21.7 Å². The van der Waals surface area contributed by atoms with Crippen molar-refractivity contribution in [2.24, 2.45) is 0 Å². The molecule has 0 spiro atoms. The summed E-state index contributed by atoms with van der Waals surface area (Å²) in [6.45, 7) is 3.76. The van der Waals surface area contributed by atoms with Gasteiger partial charge in [-0.25, -0.2) is 13.6 Å².